The molecule has 0 aliphatic carbocycles. The molecule has 12 aromatic rings. The van der Waals surface area contributed by atoms with Crippen LogP contribution < -0.4 is 0 Å². The fraction of sp³-hybridized carbons (Fsp3) is 0.0333. The normalized spacial score (nSPS) is 11.6. The van der Waals surface area contributed by atoms with E-state index in [0.29, 0.717) is 5.82 Å². The molecule has 0 saturated carbocycles. The third-order valence-corrected chi connectivity index (χ3v) is 12.7. The zero-order chi connectivity index (χ0) is 42.7. The van der Waals surface area contributed by atoms with Crippen molar-refractivity contribution in [3.8, 4) is 67.5 Å². The Morgan fingerprint density at radius 1 is 0.328 bits per heavy atom. The summed E-state index contributed by atoms with van der Waals surface area (Å²) in [6.45, 7) is 4.37. The molecule has 3 aromatic heterocycles. The number of hydrogen-bond donors (Lipinski definition) is 0. The second-order valence-electron chi connectivity index (χ2n) is 16.7. The van der Waals surface area contributed by atoms with Gasteiger partial charge in [0.05, 0.1) is 44.8 Å². The van der Waals surface area contributed by atoms with Crippen LogP contribution in [0.25, 0.3) is 111 Å². The molecule has 0 fully saturated rings. The van der Waals surface area contributed by atoms with Gasteiger partial charge < -0.3 is 9.13 Å². The molecule has 0 spiro atoms. The summed E-state index contributed by atoms with van der Waals surface area (Å²) >= 11 is 0. The summed E-state index contributed by atoms with van der Waals surface area (Å²) in [5.41, 5.74) is 18.7. The largest absolute Gasteiger partial charge is 0.309 e. The van der Waals surface area contributed by atoms with Crippen molar-refractivity contribution < 1.29 is 0 Å². The van der Waals surface area contributed by atoms with E-state index < -0.39 is 0 Å². The van der Waals surface area contributed by atoms with Crippen LogP contribution >= 0.6 is 0 Å². The lowest BCUT2D eigenvalue weighted by Crippen LogP contribution is -2.04. The van der Waals surface area contributed by atoms with Crippen LogP contribution in [-0.4, -0.2) is 19.1 Å². The summed E-state index contributed by atoms with van der Waals surface area (Å²) in [4.78, 5) is 10.7. The Morgan fingerprint density at radius 2 is 0.859 bits per heavy atom. The Morgan fingerprint density at radius 3 is 1.55 bits per heavy atom. The molecule has 4 heteroatoms. The number of hydrogen-bond acceptors (Lipinski definition) is 2. The number of aryl methyl sites for hydroxylation is 2. The Kier molecular flexibility index (Phi) is 8.91. The second kappa shape index (κ2) is 15.2. The number of nitrogens with zero attached hydrogens (tertiary/aromatic N) is 4. The van der Waals surface area contributed by atoms with Gasteiger partial charge >= 0.3 is 0 Å². The molecule has 0 saturated heterocycles. The van der Waals surface area contributed by atoms with E-state index in [1.54, 1.807) is 0 Å². The lowest BCUT2D eigenvalue weighted by atomic mass is 9.93. The number of rotatable bonds is 7. The summed E-state index contributed by atoms with van der Waals surface area (Å²) in [7, 11) is 0. The van der Waals surface area contributed by atoms with E-state index in [1.807, 2.05) is 12.1 Å². The summed E-state index contributed by atoms with van der Waals surface area (Å²) in [6.07, 6.45) is 0. The van der Waals surface area contributed by atoms with Crippen molar-refractivity contribution in [3.05, 3.63) is 230 Å². The number of para-hydroxylation sites is 4. The maximum Gasteiger partial charge on any atom is 0.160 e. The predicted molar refractivity (Wildman–Crippen MR) is 267 cm³/mol. The molecule has 3 heterocycles. The SMILES string of the molecule is Cc1ccc(-c2ccc3c(c2)c2ccccc2n3-c2cccc(-c3cc(-c4ccccc4)nc(-c4ccccc4)n3)c2-c2ccccc2-n2c3ccccc3c3ccccc32)c(C)c1. The van der Waals surface area contributed by atoms with Gasteiger partial charge in [-0.05, 0) is 79.1 Å². The van der Waals surface area contributed by atoms with E-state index in [1.165, 1.54) is 43.8 Å². The zero-order valence-electron chi connectivity index (χ0n) is 35.6. The van der Waals surface area contributed by atoms with Crippen LogP contribution in [0, 0.1) is 13.8 Å². The van der Waals surface area contributed by atoms with E-state index in [4.69, 9.17) is 9.97 Å². The van der Waals surface area contributed by atoms with Gasteiger partial charge in [0.25, 0.3) is 0 Å². The maximum absolute atomic E-state index is 5.46. The highest BCUT2D eigenvalue weighted by molar-refractivity contribution is 6.13. The fourth-order valence-electron chi connectivity index (χ4n) is 9.88. The summed E-state index contributed by atoms with van der Waals surface area (Å²) in [6, 6.07) is 78.5. The molecule has 0 atom stereocenters. The van der Waals surface area contributed by atoms with E-state index in [-0.39, 0.29) is 0 Å². The molecule has 302 valence electrons. The average molecular weight is 819 g/mol. The molecule has 0 aliphatic rings. The van der Waals surface area contributed by atoms with Crippen LogP contribution in [0.3, 0.4) is 0 Å². The topological polar surface area (TPSA) is 35.6 Å². The standard InChI is InChI=1S/C60H42N4/c1-39-32-34-44(40(2)36-39)43-33-35-57-50(37-43)47-24-11-15-29-55(47)64(57)58-31-17-26-48(52-38-51(41-18-5-3-6-19-41)61-60(62-52)42-20-7-4-8-21-42)59(58)49-25-12-16-30-56(49)63-53-27-13-9-22-45(53)46-23-10-14-28-54(46)63/h3-38H,1-2H3. The van der Waals surface area contributed by atoms with Crippen LogP contribution in [0.5, 0.6) is 0 Å². The third-order valence-electron chi connectivity index (χ3n) is 12.7. The highest BCUT2D eigenvalue weighted by atomic mass is 15.0. The highest BCUT2D eigenvalue weighted by Crippen LogP contribution is 2.45. The molecule has 0 amide bonds. The van der Waals surface area contributed by atoms with Crippen LogP contribution in [0.1, 0.15) is 11.1 Å². The molecule has 0 bridgehead atoms. The molecule has 0 unspecified atom stereocenters. The van der Waals surface area contributed by atoms with E-state index in [0.717, 1.165) is 72.6 Å². The smallest absolute Gasteiger partial charge is 0.160 e. The summed E-state index contributed by atoms with van der Waals surface area (Å²) < 4.78 is 4.91. The summed E-state index contributed by atoms with van der Waals surface area (Å²) in [5.74, 6) is 0.680. The first-order valence-corrected chi connectivity index (χ1v) is 21.9. The van der Waals surface area contributed by atoms with Crippen molar-refractivity contribution in [2.45, 2.75) is 13.8 Å². The number of benzene rings is 9. The molecular formula is C60H42N4. The van der Waals surface area contributed by atoms with E-state index in [9.17, 15) is 0 Å². The lowest BCUT2D eigenvalue weighted by molar-refractivity contribution is 1.15. The van der Waals surface area contributed by atoms with Crippen molar-refractivity contribution in [1.29, 1.82) is 0 Å². The molecule has 12 rings (SSSR count). The minimum absolute atomic E-state index is 0.680. The first kappa shape index (κ1) is 37.4. The van der Waals surface area contributed by atoms with Gasteiger partial charge in [0.15, 0.2) is 5.82 Å². The van der Waals surface area contributed by atoms with Crippen LogP contribution in [-0.2, 0) is 0 Å². The minimum atomic E-state index is 0.680. The van der Waals surface area contributed by atoms with Gasteiger partial charge in [-0.15, -0.1) is 0 Å². The third kappa shape index (κ3) is 6.14. The summed E-state index contributed by atoms with van der Waals surface area (Å²) in [5, 5.41) is 4.86. The predicted octanol–water partition coefficient (Wildman–Crippen LogP) is 15.6. The first-order valence-electron chi connectivity index (χ1n) is 21.9. The monoisotopic (exact) mass is 818 g/mol. The molecular weight excluding hydrogens is 777 g/mol. The van der Waals surface area contributed by atoms with E-state index in [2.05, 4.69) is 229 Å². The number of fused-ring (bicyclic) bond motifs is 6. The number of aromatic nitrogens is 4. The van der Waals surface area contributed by atoms with Crippen molar-refractivity contribution in [2.24, 2.45) is 0 Å². The van der Waals surface area contributed by atoms with Crippen molar-refractivity contribution >= 4 is 43.6 Å². The van der Waals surface area contributed by atoms with E-state index >= 15 is 0 Å². The van der Waals surface area contributed by atoms with Gasteiger partial charge in [-0.2, -0.15) is 0 Å². The maximum atomic E-state index is 5.46. The van der Waals surface area contributed by atoms with Gasteiger partial charge in [-0.1, -0.05) is 175 Å². The van der Waals surface area contributed by atoms with Gasteiger partial charge in [0, 0.05) is 49.4 Å². The molecule has 0 aliphatic heterocycles. The van der Waals surface area contributed by atoms with Crippen LogP contribution in [0.2, 0.25) is 0 Å². The molecule has 0 N–H and O–H groups in total. The van der Waals surface area contributed by atoms with Crippen LogP contribution in [0.15, 0.2) is 218 Å². The highest BCUT2D eigenvalue weighted by Gasteiger charge is 2.24. The quantitative estimate of drug-likeness (QED) is 0.161. The molecule has 0 radical (unpaired) electrons. The molecule has 9 aromatic carbocycles. The zero-order valence-corrected chi connectivity index (χ0v) is 35.6. The van der Waals surface area contributed by atoms with Gasteiger partial charge in [0.1, 0.15) is 0 Å². The Balaban J connectivity index is 1.20. The second-order valence-corrected chi connectivity index (χ2v) is 16.7. The first-order chi connectivity index (χ1) is 31.6. The molecule has 4 nitrogen and oxygen atoms in total. The van der Waals surface area contributed by atoms with Gasteiger partial charge in [0.2, 0.25) is 0 Å². The minimum Gasteiger partial charge on any atom is -0.309 e. The molecule has 64 heavy (non-hydrogen) atoms. The van der Waals surface area contributed by atoms with Gasteiger partial charge in [-0.25, -0.2) is 9.97 Å². The Labute approximate surface area is 372 Å². The van der Waals surface area contributed by atoms with Crippen LogP contribution in [0.4, 0.5) is 0 Å². The Hall–Kier alpha value is -8.34. The van der Waals surface area contributed by atoms with Crippen molar-refractivity contribution in [2.75, 3.05) is 0 Å². The fourth-order valence-corrected chi connectivity index (χ4v) is 9.88. The Bertz CT molecular complexity index is 3630. The van der Waals surface area contributed by atoms with Crippen molar-refractivity contribution in [3.63, 3.8) is 0 Å². The lowest BCUT2D eigenvalue weighted by Gasteiger charge is -2.22. The van der Waals surface area contributed by atoms with Crippen molar-refractivity contribution in [1.82, 2.24) is 19.1 Å². The van der Waals surface area contributed by atoms with Gasteiger partial charge in [-0.3, -0.25) is 0 Å². The average Bonchev–Trinajstić information content (AvgIpc) is 3.87.